The number of nitrogens with one attached hydrogen (secondary N) is 2. The van der Waals surface area contributed by atoms with Gasteiger partial charge in [0.05, 0.1) is 11.8 Å². The van der Waals surface area contributed by atoms with Gasteiger partial charge in [-0.1, -0.05) is 24.3 Å². The molecule has 0 aromatic heterocycles. The molecule has 0 aliphatic rings. The van der Waals surface area contributed by atoms with Crippen LogP contribution in [0, 0.1) is 5.82 Å². The molecule has 5 heteroatoms. The van der Waals surface area contributed by atoms with E-state index in [2.05, 4.69) is 10.6 Å². The SMILES string of the molecule is CC(C)Oc1ccccc1NC(=O)NCCc1ccc(F)cc1. The van der Waals surface area contributed by atoms with E-state index in [1.165, 1.54) is 12.1 Å². The molecule has 0 unspecified atom stereocenters. The predicted octanol–water partition coefficient (Wildman–Crippen LogP) is 3.98. The quantitative estimate of drug-likeness (QED) is 0.847. The van der Waals surface area contributed by atoms with Crippen molar-refractivity contribution < 1.29 is 13.9 Å². The second-order valence-electron chi connectivity index (χ2n) is 5.42. The summed E-state index contributed by atoms with van der Waals surface area (Å²) in [6.45, 7) is 4.32. The summed E-state index contributed by atoms with van der Waals surface area (Å²) in [6, 6.07) is 13.2. The van der Waals surface area contributed by atoms with Crippen LogP contribution in [0.2, 0.25) is 0 Å². The van der Waals surface area contributed by atoms with Crippen LogP contribution in [0.1, 0.15) is 19.4 Å². The smallest absolute Gasteiger partial charge is 0.319 e. The molecule has 2 amide bonds. The molecule has 0 aliphatic carbocycles. The van der Waals surface area contributed by atoms with Crippen molar-refractivity contribution in [3.05, 3.63) is 59.9 Å². The number of amides is 2. The minimum Gasteiger partial charge on any atom is -0.489 e. The molecule has 0 radical (unpaired) electrons. The van der Waals surface area contributed by atoms with Gasteiger partial charge in [-0.2, -0.15) is 0 Å². The zero-order valence-corrected chi connectivity index (χ0v) is 13.3. The van der Waals surface area contributed by atoms with Gasteiger partial charge in [-0.15, -0.1) is 0 Å². The standard InChI is InChI=1S/C18H21FN2O2/c1-13(2)23-17-6-4-3-5-16(17)21-18(22)20-12-11-14-7-9-15(19)10-8-14/h3-10,13H,11-12H2,1-2H3,(H2,20,21,22). The van der Waals surface area contributed by atoms with Crippen molar-refractivity contribution in [2.75, 3.05) is 11.9 Å². The number of halogens is 1. The summed E-state index contributed by atoms with van der Waals surface area (Å²) < 4.78 is 18.5. The summed E-state index contributed by atoms with van der Waals surface area (Å²) in [5, 5.41) is 5.55. The fourth-order valence-corrected chi connectivity index (χ4v) is 2.06. The summed E-state index contributed by atoms with van der Waals surface area (Å²) in [4.78, 5) is 12.0. The van der Waals surface area contributed by atoms with Gasteiger partial charge in [0.1, 0.15) is 11.6 Å². The van der Waals surface area contributed by atoms with Crippen LogP contribution in [-0.2, 0) is 6.42 Å². The highest BCUT2D eigenvalue weighted by molar-refractivity contribution is 5.90. The normalized spacial score (nSPS) is 10.4. The number of anilines is 1. The third kappa shape index (κ3) is 5.62. The van der Waals surface area contributed by atoms with E-state index in [1.54, 1.807) is 18.2 Å². The maximum atomic E-state index is 12.8. The zero-order chi connectivity index (χ0) is 16.7. The first-order chi connectivity index (χ1) is 11.0. The predicted molar refractivity (Wildman–Crippen MR) is 89.3 cm³/mol. The molecule has 2 aromatic rings. The van der Waals surface area contributed by atoms with Crippen LogP contribution in [0.3, 0.4) is 0 Å². The Hall–Kier alpha value is -2.56. The molecule has 0 heterocycles. The van der Waals surface area contributed by atoms with Gasteiger partial charge in [-0.25, -0.2) is 9.18 Å². The van der Waals surface area contributed by atoms with Crippen LogP contribution in [0.5, 0.6) is 5.75 Å². The number of hydrogen-bond donors (Lipinski definition) is 2. The number of carbonyl (C=O) groups is 1. The van der Waals surface area contributed by atoms with Crippen LogP contribution in [0.4, 0.5) is 14.9 Å². The molecule has 0 spiro atoms. The molecule has 2 N–H and O–H groups in total. The van der Waals surface area contributed by atoms with E-state index >= 15 is 0 Å². The summed E-state index contributed by atoms with van der Waals surface area (Å²) in [7, 11) is 0. The van der Waals surface area contributed by atoms with Crippen molar-refractivity contribution in [1.29, 1.82) is 0 Å². The fourth-order valence-electron chi connectivity index (χ4n) is 2.06. The number of para-hydroxylation sites is 2. The number of ether oxygens (including phenoxy) is 1. The van der Waals surface area contributed by atoms with Gasteiger partial charge in [0.25, 0.3) is 0 Å². The molecular weight excluding hydrogens is 295 g/mol. The van der Waals surface area contributed by atoms with Gasteiger partial charge < -0.3 is 15.4 Å². The Kier molecular flexibility index (Phi) is 5.97. The number of benzene rings is 2. The largest absolute Gasteiger partial charge is 0.489 e. The van der Waals surface area contributed by atoms with Crippen molar-refractivity contribution in [1.82, 2.24) is 5.32 Å². The number of rotatable bonds is 6. The summed E-state index contributed by atoms with van der Waals surface area (Å²) in [5.74, 6) is 0.373. The maximum absolute atomic E-state index is 12.8. The van der Waals surface area contributed by atoms with Crippen LogP contribution in [0.15, 0.2) is 48.5 Å². The Labute approximate surface area is 135 Å². The molecule has 122 valence electrons. The van der Waals surface area contributed by atoms with Gasteiger partial charge in [0.15, 0.2) is 0 Å². The Morgan fingerprint density at radius 1 is 1.13 bits per heavy atom. The summed E-state index contributed by atoms with van der Waals surface area (Å²) in [5.41, 5.74) is 1.59. The van der Waals surface area contributed by atoms with Crippen molar-refractivity contribution in [3.8, 4) is 5.75 Å². The van der Waals surface area contributed by atoms with Gasteiger partial charge in [-0.05, 0) is 50.1 Å². The first-order valence-electron chi connectivity index (χ1n) is 7.59. The van der Waals surface area contributed by atoms with Gasteiger partial charge in [0, 0.05) is 6.54 Å². The van der Waals surface area contributed by atoms with Gasteiger partial charge in [-0.3, -0.25) is 0 Å². The van der Waals surface area contributed by atoms with E-state index in [9.17, 15) is 9.18 Å². The van der Waals surface area contributed by atoms with E-state index < -0.39 is 0 Å². The summed E-state index contributed by atoms with van der Waals surface area (Å²) in [6.07, 6.45) is 0.664. The number of carbonyl (C=O) groups excluding carboxylic acids is 1. The minimum atomic E-state index is -0.299. The maximum Gasteiger partial charge on any atom is 0.319 e. The molecular formula is C18H21FN2O2. The van der Waals surface area contributed by atoms with Crippen LogP contribution >= 0.6 is 0 Å². The van der Waals surface area contributed by atoms with Crippen molar-refractivity contribution in [3.63, 3.8) is 0 Å². The lowest BCUT2D eigenvalue weighted by Gasteiger charge is -2.15. The van der Waals surface area contributed by atoms with Crippen molar-refractivity contribution in [2.45, 2.75) is 26.4 Å². The van der Waals surface area contributed by atoms with Crippen molar-refractivity contribution in [2.24, 2.45) is 0 Å². The Balaban J connectivity index is 1.84. The molecule has 4 nitrogen and oxygen atoms in total. The van der Waals surface area contributed by atoms with Gasteiger partial charge >= 0.3 is 6.03 Å². The van der Waals surface area contributed by atoms with Crippen LogP contribution in [0.25, 0.3) is 0 Å². The van der Waals surface area contributed by atoms with E-state index in [1.807, 2.05) is 32.0 Å². The van der Waals surface area contributed by atoms with E-state index in [0.717, 1.165) is 5.56 Å². The monoisotopic (exact) mass is 316 g/mol. The lowest BCUT2D eigenvalue weighted by molar-refractivity contribution is 0.241. The van der Waals surface area contributed by atoms with Crippen molar-refractivity contribution >= 4 is 11.7 Å². The molecule has 23 heavy (non-hydrogen) atoms. The van der Waals surface area contributed by atoms with E-state index in [4.69, 9.17) is 4.74 Å². The Morgan fingerprint density at radius 2 is 1.83 bits per heavy atom. The molecule has 0 saturated carbocycles. The average molecular weight is 316 g/mol. The average Bonchev–Trinajstić information content (AvgIpc) is 2.51. The Bertz CT molecular complexity index is 642. The topological polar surface area (TPSA) is 50.4 Å². The molecule has 0 fully saturated rings. The first-order valence-corrected chi connectivity index (χ1v) is 7.59. The first kappa shape index (κ1) is 16.8. The highest BCUT2D eigenvalue weighted by atomic mass is 19.1. The highest BCUT2D eigenvalue weighted by Gasteiger charge is 2.08. The van der Waals surface area contributed by atoms with E-state index in [0.29, 0.717) is 24.4 Å². The molecule has 0 saturated heterocycles. The molecule has 2 aromatic carbocycles. The summed E-state index contributed by atoms with van der Waals surface area (Å²) >= 11 is 0. The van der Waals surface area contributed by atoms with Crippen LogP contribution < -0.4 is 15.4 Å². The molecule has 0 bridgehead atoms. The number of hydrogen-bond acceptors (Lipinski definition) is 2. The highest BCUT2D eigenvalue weighted by Crippen LogP contribution is 2.24. The van der Waals surface area contributed by atoms with E-state index in [-0.39, 0.29) is 18.0 Å². The van der Waals surface area contributed by atoms with Gasteiger partial charge in [0.2, 0.25) is 0 Å². The minimum absolute atomic E-state index is 0.0273. The fraction of sp³-hybridized carbons (Fsp3) is 0.278. The lowest BCUT2D eigenvalue weighted by atomic mass is 10.1. The Morgan fingerprint density at radius 3 is 2.52 bits per heavy atom. The molecule has 0 aliphatic heterocycles. The molecule has 2 rings (SSSR count). The zero-order valence-electron chi connectivity index (χ0n) is 13.3. The lowest BCUT2D eigenvalue weighted by Crippen LogP contribution is -2.30. The third-order valence-electron chi connectivity index (χ3n) is 3.11. The number of urea groups is 1. The second kappa shape index (κ2) is 8.17. The molecule has 0 atom stereocenters. The third-order valence-corrected chi connectivity index (χ3v) is 3.11. The van der Waals surface area contributed by atoms with Crippen LogP contribution in [-0.4, -0.2) is 18.7 Å². The second-order valence-corrected chi connectivity index (χ2v) is 5.42.